The van der Waals surface area contributed by atoms with Crippen molar-refractivity contribution in [3.8, 4) is 5.75 Å². The molecular weight excluding hydrogens is 194 g/mol. The van der Waals surface area contributed by atoms with Crippen molar-refractivity contribution in [3.63, 3.8) is 0 Å². The minimum Gasteiger partial charge on any atom is -0.493 e. The lowest BCUT2D eigenvalue weighted by Crippen LogP contribution is -2.20. The second kappa shape index (κ2) is 3.90. The third kappa shape index (κ3) is 2.10. The molecule has 1 aromatic rings. The average molecular weight is 207 g/mol. The van der Waals surface area contributed by atoms with E-state index in [0.29, 0.717) is 6.61 Å². The SMILES string of the molecule is NC1CCOc2cc(CC(=O)O)ccc21. The van der Waals surface area contributed by atoms with E-state index in [0.717, 1.165) is 23.3 Å². The van der Waals surface area contributed by atoms with Crippen LogP contribution >= 0.6 is 0 Å². The lowest BCUT2D eigenvalue weighted by Gasteiger charge is -2.23. The molecule has 1 aromatic carbocycles. The zero-order chi connectivity index (χ0) is 10.8. The highest BCUT2D eigenvalue weighted by molar-refractivity contribution is 5.70. The van der Waals surface area contributed by atoms with E-state index in [-0.39, 0.29) is 12.5 Å². The van der Waals surface area contributed by atoms with E-state index >= 15 is 0 Å². The Bertz CT molecular complexity index is 389. The molecule has 3 N–H and O–H groups in total. The molecule has 0 bridgehead atoms. The summed E-state index contributed by atoms with van der Waals surface area (Å²) in [4.78, 5) is 10.5. The van der Waals surface area contributed by atoms with Gasteiger partial charge in [0.2, 0.25) is 0 Å². The molecule has 0 aromatic heterocycles. The van der Waals surface area contributed by atoms with Gasteiger partial charge < -0.3 is 15.6 Å². The zero-order valence-electron chi connectivity index (χ0n) is 8.27. The highest BCUT2D eigenvalue weighted by Gasteiger charge is 2.18. The van der Waals surface area contributed by atoms with E-state index in [1.165, 1.54) is 0 Å². The van der Waals surface area contributed by atoms with Crippen LogP contribution < -0.4 is 10.5 Å². The van der Waals surface area contributed by atoms with Gasteiger partial charge in [-0.05, 0) is 11.6 Å². The molecule has 2 rings (SSSR count). The Balaban J connectivity index is 2.29. The van der Waals surface area contributed by atoms with Crippen LogP contribution in [0.25, 0.3) is 0 Å². The summed E-state index contributed by atoms with van der Waals surface area (Å²) in [6.45, 7) is 0.602. The normalized spacial score (nSPS) is 19.1. The molecule has 0 amide bonds. The number of fused-ring (bicyclic) bond motifs is 1. The Morgan fingerprint density at radius 1 is 1.60 bits per heavy atom. The minimum absolute atomic E-state index is 0.00706. The standard InChI is InChI=1S/C11H13NO3/c12-9-3-4-15-10-5-7(6-11(13)14)1-2-8(9)10/h1-2,5,9H,3-4,6,12H2,(H,13,14). The van der Waals surface area contributed by atoms with Crippen molar-refractivity contribution < 1.29 is 14.6 Å². The summed E-state index contributed by atoms with van der Waals surface area (Å²) in [5, 5.41) is 8.66. The minimum atomic E-state index is -0.838. The van der Waals surface area contributed by atoms with Crippen molar-refractivity contribution >= 4 is 5.97 Å². The van der Waals surface area contributed by atoms with Gasteiger partial charge in [-0.25, -0.2) is 0 Å². The monoisotopic (exact) mass is 207 g/mol. The number of aliphatic carboxylic acids is 1. The van der Waals surface area contributed by atoms with E-state index in [4.69, 9.17) is 15.6 Å². The quantitative estimate of drug-likeness (QED) is 0.761. The van der Waals surface area contributed by atoms with Gasteiger partial charge >= 0.3 is 5.97 Å². The van der Waals surface area contributed by atoms with E-state index in [1.807, 2.05) is 6.07 Å². The molecule has 1 atom stereocenters. The molecule has 15 heavy (non-hydrogen) atoms. The van der Waals surface area contributed by atoms with Crippen molar-refractivity contribution in [2.45, 2.75) is 18.9 Å². The predicted molar refractivity (Wildman–Crippen MR) is 54.8 cm³/mol. The summed E-state index contributed by atoms with van der Waals surface area (Å²) in [5.74, 6) is -0.109. The molecule has 4 heteroatoms. The first kappa shape index (κ1) is 9.98. The Morgan fingerprint density at radius 2 is 2.40 bits per heavy atom. The third-order valence-corrected chi connectivity index (χ3v) is 2.52. The molecule has 0 spiro atoms. The van der Waals surface area contributed by atoms with Crippen LogP contribution in [0.1, 0.15) is 23.6 Å². The largest absolute Gasteiger partial charge is 0.493 e. The van der Waals surface area contributed by atoms with Crippen molar-refractivity contribution in [1.29, 1.82) is 0 Å². The zero-order valence-corrected chi connectivity index (χ0v) is 8.27. The number of hydrogen-bond donors (Lipinski definition) is 2. The summed E-state index contributed by atoms with van der Waals surface area (Å²) in [5.41, 5.74) is 7.61. The molecule has 0 saturated heterocycles. The number of carboxylic acids is 1. The molecule has 1 unspecified atom stereocenters. The number of benzene rings is 1. The second-order valence-corrected chi connectivity index (χ2v) is 3.69. The average Bonchev–Trinajstić information content (AvgIpc) is 2.17. The number of nitrogens with two attached hydrogens (primary N) is 1. The molecule has 0 aliphatic carbocycles. The van der Waals surface area contributed by atoms with Crippen LogP contribution in [-0.4, -0.2) is 17.7 Å². The molecule has 80 valence electrons. The Hall–Kier alpha value is -1.55. The van der Waals surface area contributed by atoms with Gasteiger partial charge in [-0.1, -0.05) is 12.1 Å². The maximum Gasteiger partial charge on any atom is 0.307 e. The number of hydrogen-bond acceptors (Lipinski definition) is 3. The first-order valence-electron chi connectivity index (χ1n) is 4.90. The molecule has 1 heterocycles. The Morgan fingerprint density at radius 3 is 3.13 bits per heavy atom. The van der Waals surface area contributed by atoms with Crippen LogP contribution in [0.5, 0.6) is 5.75 Å². The summed E-state index contributed by atoms with van der Waals surface area (Å²) in [7, 11) is 0. The van der Waals surface area contributed by atoms with Gasteiger partial charge in [0.25, 0.3) is 0 Å². The van der Waals surface area contributed by atoms with Crippen LogP contribution in [0.4, 0.5) is 0 Å². The molecule has 0 radical (unpaired) electrons. The highest BCUT2D eigenvalue weighted by Crippen LogP contribution is 2.31. The Labute approximate surface area is 87.7 Å². The Kier molecular flexibility index (Phi) is 2.60. The fraction of sp³-hybridized carbons (Fsp3) is 0.364. The van der Waals surface area contributed by atoms with E-state index in [2.05, 4.69) is 0 Å². The maximum atomic E-state index is 10.5. The third-order valence-electron chi connectivity index (χ3n) is 2.52. The van der Waals surface area contributed by atoms with Gasteiger partial charge in [-0.15, -0.1) is 0 Å². The molecule has 0 fully saturated rings. The topological polar surface area (TPSA) is 72.5 Å². The van der Waals surface area contributed by atoms with Gasteiger partial charge in [0.1, 0.15) is 5.75 Å². The van der Waals surface area contributed by atoms with Crippen molar-refractivity contribution in [2.24, 2.45) is 5.73 Å². The lowest BCUT2D eigenvalue weighted by molar-refractivity contribution is -0.136. The smallest absolute Gasteiger partial charge is 0.307 e. The van der Waals surface area contributed by atoms with Gasteiger partial charge in [0, 0.05) is 18.0 Å². The van der Waals surface area contributed by atoms with Crippen LogP contribution in [0.3, 0.4) is 0 Å². The van der Waals surface area contributed by atoms with Crippen molar-refractivity contribution in [1.82, 2.24) is 0 Å². The van der Waals surface area contributed by atoms with Crippen LogP contribution in [0.15, 0.2) is 18.2 Å². The first-order valence-corrected chi connectivity index (χ1v) is 4.90. The van der Waals surface area contributed by atoms with Crippen molar-refractivity contribution in [2.75, 3.05) is 6.61 Å². The number of rotatable bonds is 2. The van der Waals surface area contributed by atoms with Crippen LogP contribution in [0, 0.1) is 0 Å². The van der Waals surface area contributed by atoms with Crippen LogP contribution in [-0.2, 0) is 11.2 Å². The van der Waals surface area contributed by atoms with Gasteiger partial charge in [0.15, 0.2) is 0 Å². The summed E-state index contributed by atoms with van der Waals surface area (Å²) < 4.78 is 5.44. The van der Waals surface area contributed by atoms with Crippen LogP contribution in [0.2, 0.25) is 0 Å². The van der Waals surface area contributed by atoms with Crippen molar-refractivity contribution in [3.05, 3.63) is 29.3 Å². The van der Waals surface area contributed by atoms with E-state index < -0.39 is 5.97 Å². The maximum absolute atomic E-state index is 10.5. The first-order chi connectivity index (χ1) is 7.16. The fourth-order valence-corrected chi connectivity index (χ4v) is 1.75. The molecular formula is C11H13NO3. The predicted octanol–water partition coefficient (Wildman–Crippen LogP) is 1.10. The highest BCUT2D eigenvalue weighted by atomic mass is 16.5. The van der Waals surface area contributed by atoms with Gasteiger partial charge in [-0.2, -0.15) is 0 Å². The molecule has 4 nitrogen and oxygen atoms in total. The number of ether oxygens (including phenoxy) is 1. The number of carboxylic acid groups (broad SMARTS) is 1. The summed E-state index contributed by atoms with van der Waals surface area (Å²) in [6, 6.07) is 5.43. The number of carbonyl (C=O) groups is 1. The second-order valence-electron chi connectivity index (χ2n) is 3.69. The molecule has 0 saturated carbocycles. The summed E-state index contributed by atoms with van der Waals surface area (Å²) in [6.07, 6.45) is 0.831. The molecule has 1 aliphatic rings. The summed E-state index contributed by atoms with van der Waals surface area (Å²) >= 11 is 0. The van der Waals surface area contributed by atoms with E-state index in [1.54, 1.807) is 12.1 Å². The molecule has 1 aliphatic heterocycles. The lowest BCUT2D eigenvalue weighted by atomic mass is 9.99. The van der Waals surface area contributed by atoms with Gasteiger partial charge in [-0.3, -0.25) is 4.79 Å². The fourth-order valence-electron chi connectivity index (χ4n) is 1.75. The van der Waals surface area contributed by atoms with E-state index in [9.17, 15) is 4.79 Å². The van der Waals surface area contributed by atoms with Gasteiger partial charge in [0.05, 0.1) is 13.0 Å².